The first kappa shape index (κ1) is 10.1. The van der Waals surface area contributed by atoms with E-state index in [1.165, 1.54) is 12.8 Å². The van der Waals surface area contributed by atoms with Crippen molar-refractivity contribution in [1.29, 1.82) is 0 Å². The van der Waals surface area contributed by atoms with E-state index in [0.717, 1.165) is 29.6 Å². The topological polar surface area (TPSA) is 0 Å². The van der Waals surface area contributed by atoms with Crippen LogP contribution in [-0.2, 0) is 0 Å². The molecule has 1 saturated carbocycles. The van der Waals surface area contributed by atoms with Crippen molar-refractivity contribution in [3.63, 3.8) is 0 Å². The Morgan fingerprint density at radius 3 is 1.83 bits per heavy atom. The Bertz CT molecular complexity index is 127. The molecule has 0 heteroatoms. The molecule has 12 heavy (non-hydrogen) atoms. The predicted molar refractivity (Wildman–Crippen MR) is 55.1 cm³/mol. The number of hydrogen-bond donors (Lipinski definition) is 0. The van der Waals surface area contributed by atoms with Crippen LogP contribution >= 0.6 is 0 Å². The molecule has 2 unspecified atom stereocenters. The van der Waals surface area contributed by atoms with Gasteiger partial charge in [0.15, 0.2) is 0 Å². The van der Waals surface area contributed by atoms with Crippen LogP contribution in [-0.4, -0.2) is 0 Å². The van der Waals surface area contributed by atoms with Crippen LogP contribution in [0.3, 0.4) is 0 Å². The van der Waals surface area contributed by atoms with Crippen molar-refractivity contribution in [2.75, 3.05) is 0 Å². The summed E-state index contributed by atoms with van der Waals surface area (Å²) in [6, 6.07) is 0. The Balaban J connectivity index is 2.45. The van der Waals surface area contributed by atoms with Crippen molar-refractivity contribution in [1.82, 2.24) is 0 Å². The second-order valence-corrected chi connectivity index (χ2v) is 5.13. The average Bonchev–Trinajstić information content (AvgIpc) is 2.65. The van der Waals surface area contributed by atoms with Gasteiger partial charge in [-0.05, 0) is 36.0 Å². The lowest BCUT2D eigenvalue weighted by Crippen LogP contribution is -2.18. The van der Waals surface area contributed by atoms with Crippen molar-refractivity contribution in [3.8, 4) is 0 Å². The lowest BCUT2D eigenvalue weighted by atomic mass is 9.81. The van der Waals surface area contributed by atoms with Gasteiger partial charge in [-0.1, -0.05) is 41.0 Å². The molecule has 1 aliphatic carbocycles. The SMILES string of the molecule is CCC1CC1C(C(C)C)C(C)C. The van der Waals surface area contributed by atoms with Crippen molar-refractivity contribution in [2.45, 2.75) is 47.5 Å². The van der Waals surface area contributed by atoms with Crippen LogP contribution in [0, 0.1) is 29.6 Å². The van der Waals surface area contributed by atoms with Crippen LogP contribution in [0.1, 0.15) is 47.5 Å². The van der Waals surface area contributed by atoms with E-state index in [-0.39, 0.29) is 0 Å². The molecule has 0 bridgehead atoms. The molecule has 0 aromatic carbocycles. The molecule has 0 saturated heterocycles. The lowest BCUT2D eigenvalue weighted by Gasteiger charge is -2.25. The van der Waals surface area contributed by atoms with Crippen LogP contribution in [0.25, 0.3) is 0 Å². The molecule has 2 atom stereocenters. The third-order valence-corrected chi connectivity index (χ3v) is 3.54. The van der Waals surface area contributed by atoms with Gasteiger partial charge in [-0.3, -0.25) is 0 Å². The minimum Gasteiger partial charge on any atom is -0.0651 e. The second-order valence-electron chi connectivity index (χ2n) is 5.13. The molecule has 0 aromatic heterocycles. The molecule has 0 N–H and O–H groups in total. The molecule has 0 amide bonds. The fraction of sp³-hybridized carbons (Fsp3) is 1.00. The highest BCUT2D eigenvalue weighted by molar-refractivity contribution is 4.92. The zero-order chi connectivity index (χ0) is 9.30. The highest BCUT2D eigenvalue weighted by Crippen LogP contribution is 2.51. The smallest absolute Gasteiger partial charge is 0.0337 e. The highest BCUT2D eigenvalue weighted by atomic mass is 14.5. The Hall–Kier alpha value is 0. The molecule has 72 valence electrons. The van der Waals surface area contributed by atoms with Gasteiger partial charge in [0.25, 0.3) is 0 Å². The zero-order valence-corrected chi connectivity index (χ0v) is 9.30. The van der Waals surface area contributed by atoms with Crippen LogP contribution in [0.15, 0.2) is 0 Å². The van der Waals surface area contributed by atoms with E-state index in [9.17, 15) is 0 Å². The van der Waals surface area contributed by atoms with Crippen LogP contribution in [0.4, 0.5) is 0 Å². The summed E-state index contributed by atoms with van der Waals surface area (Å²) in [7, 11) is 0. The third kappa shape index (κ3) is 2.02. The maximum absolute atomic E-state index is 2.38. The van der Waals surface area contributed by atoms with Gasteiger partial charge in [0.1, 0.15) is 0 Å². The maximum atomic E-state index is 2.38. The van der Waals surface area contributed by atoms with E-state index < -0.39 is 0 Å². The minimum absolute atomic E-state index is 0.881. The van der Waals surface area contributed by atoms with Gasteiger partial charge in [0.2, 0.25) is 0 Å². The molecule has 1 fully saturated rings. The Kier molecular flexibility index (Phi) is 3.20. The van der Waals surface area contributed by atoms with Gasteiger partial charge < -0.3 is 0 Å². The molecule has 0 aliphatic heterocycles. The largest absolute Gasteiger partial charge is 0.0651 e. The van der Waals surface area contributed by atoms with Crippen molar-refractivity contribution < 1.29 is 0 Å². The van der Waals surface area contributed by atoms with E-state index >= 15 is 0 Å². The molecule has 1 rings (SSSR count). The Labute approximate surface area is 77.7 Å². The molecule has 0 nitrogen and oxygen atoms in total. The third-order valence-electron chi connectivity index (χ3n) is 3.54. The van der Waals surface area contributed by atoms with Gasteiger partial charge in [-0.25, -0.2) is 0 Å². The zero-order valence-electron chi connectivity index (χ0n) is 9.30. The minimum atomic E-state index is 0.881. The monoisotopic (exact) mass is 168 g/mol. The van der Waals surface area contributed by atoms with Gasteiger partial charge in [0.05, 0.1) is 0 Å². The first-order chi connectivity index (χ1) is 5.57. The van der Waals surface area contributed by atoms with Crippen LogP contribution in [0.5, 0.6) is 0 Å². The van der Waals surface area contributed by atoms with Crippen molar-refractivity contribution >= 4 is 0 Å². The summed E-state index contributed by atoms with van der Waals surface area (Å²) in [5, 5.41) is 0. The molecule has 0 heterocycles. The van der Waals surface area contributed by atoms with Gasteiger partial charge in [-0.2, -0.15) is 0 Å². The van der Waals surface area contributed by atoms with E-state index in [4.69, 9.17) is 0 Å². The van der Waals surface area contributed by atoms with Crippen LogP contribution in [0.2, 0.25) is 0 Å². The van der Waals surface area contributed by atoms with E-state index in [1.807, 2.05) is 0 Å². The van der Waals surface area contributed by atoms with Crippen LogP contribution < -0.4 is 0 Å². The first-order valence-corrected chi connectivity index (χ1v) is 5.57. The first-order valence-electron chi connectivity index (χ1n) is 5.57. The number of hydrogen-bond acceptors (Lipinski definition) is 0. The summed E-state index contributed by atoms with van der Waals surface area (Å²) in [5.74, 6) is 4.88. The normalized spacial score (nSPS) is 29.0. The fourth-order valence-corrected chi connectivity index (χ4v) is 2.97. The van der Waals surface area contributed by atoms with Crippen molar-refractivity contribution in [3.05, 3.63) is 0 Å². The van der Waals surface area contributed by atoms with Crippen molar-refractivity contribution in [2.24, 2.45) is 29.6 Å². The molecular weight excluding hydrogens is 144 g/mol. The summed E-state index contributed by atoms with van der Waals surface area (Å²) < 4.78 is 0. The van der Waals surface area contributed by atoms with Gasteiger partial charge >= 0.3 is 0 Å². The summed E-state index contributed by atoms with van der Waals surface area (Å²) in [6.07, 6.45) is 2.91. The summed E-state index contributed by atoms with van der Waals surface area (Å²) >= 11 is 0. The fourth-order valence-electron chi connectivity index (χ4n) is 2.97. The van der Waals surface area contributed by atoms with E-state index in [1.54, 1.807) is 0 Å². The quantitative estimate of drug-likeness (QED) is 0.596. The average molecular weight is 168 g/mol. The standard InChI is InChI=1S/C12H24/c1-6-10-7-11(10)12(8(2)3)9(4)5/h8-12H,6-7H2,1-5H3. The second kappa shape index (κ2) is 3.81. The molecular formula is C12H24. The molecule has 0 spiro atoms. The molecule has 0 aromatic rings. The highest BCUT2D eigenvalue weighted by Gasteiger charge is 2.43. The maximum Gasteiger partial charge on any atom is -0.0337 e. The Morgan fingerprint density at radius 2 is 1.58 bits per heavy atom. The lowest BCUT2D eigenvalue weighted by molar-refractivity contribution is 0.240. The van der Waals surface area contributed by atoms with E-state index in [2.05, 4.69) is 34.6 Å². The Morgan fingerprint density at radius 1 is 1.08 bits per heavy atom. The molecule has 1 aliphatic rings. The summed E-state index contributed by atoms with van der Waals surface area (Å²) in [6.45, 7) is 11.9. The summed E-state index contributed by atoms with van der Waals surface area (Å²) in [5.41, 5.74) is 0. The van der Waals surface area contributed by atoms with Gasteiger partial charge in [-0.15, -0.1) is 0 Å². The van der Waals surface area contributed by atoms with Gasteiger partial charge in [0, 0.05) is 0 Å². The molecule has 0 radical (unpaired) electrons. The summed E-state index contributed by atoms with van der Waals surface area (Å²) in [4.78, 5) is 0. The predicted octanol–water partition coefficient (Wildman–Crippen LogP) is 3.96. The van der Waals surface area contributed by atoms with E-state index in [0.29, 0.717) is 0 Å². The number of rotatable bonds is 4.